The maximum absolute atomic E-state index is 9.03. The van der Waals surface area contributed by atoms with Crippen LogP contribution in [0.2, 0.25) is 0 Å². The van der Waals surface area contributed by atoms with Crippen LogP contribution in [0.5, 0.6) is 11.5 Å². The predicted octanol–water partition coefficient (Wildman–Crippen LogP) is 3.89. The van der Waals surface area contributed by atoms with Gasteiger partial charge in [-0.3, -0.25) is 0 Å². The fraction of sp³-hybridized carbons (Fsp3) is 0.176. The van der Waals surface area contributed by atoms with E-state index in [9.17, 15) is 0 Å². The molecule has 0 amide bonds. The topological polar surface area (TPSA) is 63.8 Å². The molecule has 0 aliphatic rings. The minimum absolute atomic E-state index is 0.216. The van der Waals surface area contributed by atoms with Crippen molar-refractivity contribution in [3.8, 4) is 17.6 Å². The second-order valence-electron chi connectivity index (χ2n) is 4.51. The molecule has 0 spiro atoms. The smallest absolute Gasteiger partial charge is 0.169 e. The van der Waals surface area contributed by atoms with Crippen molar-refractivity contribution in [1.82, 2.24) is 0 Å². The molecule has 2 aromatic carbocycles. The Morgan fingerprint density at radius 3 is 2.70 bits per heavy atom. The zero-order valence-corrected chi connectivity index (χ0v) is 14.3. The SMILES string of the molecule is COc1cc(Br)cc(/C=N\OCc2ccccc2C#N)c1OC. The van der Waals surface area contributed by atoms with Crippen LogP contribution in [0.4, 0.5) is 0 Å². The first kappa shape index (κ1) is 16.8. The van der Waals surface area contributed by atoms with Crippen LogP contribution < -0.4 is 9.47 Å². The van der Waals surface area contributed by atoms with E-state index in [1.165, 1.54) is 0 Å². The number of hydrogen-bond donors (Lipinski definition) is 0. The summed E-state index contributed by atoms with van der Waals surface area (Å²) < 4.78 is 11.4. The molecule has 0 N–H and O–H groups in total. The maximum Gasteiger partial charge on any atom is 0.169 e. The Hall–Kier alpha value is -2.52. The van der Waals surface area contributed by atoms with Crippen LogP contribution in [-0.4, -0.2) is 20.4 Å². The minimum atomic E-state index is 0.216. The molecule has 0 aromatic heterocycles. The quantitative estimate of drug-likeness (QED) is 0.568. The van der Waals surface area contributed by atoms with E-state index >= 15 is 0 Å². The predicted molar refractivity (Wildman–Crippen MR) is 90.8 cm³/mol. The molecule has 5 nitrogen and oxygen atoms in total. The second-order valence-corrected chi connectivity index (χ2v) is 5.42. The molecule has 0 atom stereocenters. The fourth-order valence-corrected chi connectivity index (χ4v) is 2.47. The van der Waals surface area contributed by atoms with Gasteiger partial charge in [0.25, 0.3) is 0 Å². The number of rotatable bonds is 6. The number of benzene rings is 2. The summed E-state index contributed by atoms with van der Waals surface area (Å²) in [6.07, 6.45) is 1.54. The number of halogens is 1. The van der Waals surface area contributed by atoms with Gasteiger partial charge in [-0.15, -0.1) is 0 Å². The molecule has 118 valence electrons. The largest absolute Gasteiger partial charge is 0.493 e. The first-order valence-corrected chi connectivity index (χ1v) is 7.53. The molecule has 0 unspecified atom stereocenters. The second kappa shape index (κ2) is 8.20. The van der Waals surface area contributed by atoms with Crippen LogP contribution in [0.3, 0.4) is 0 Å². The van der Waals surface area contributed by atoms with Gasteiger partial charge in [0, 0.05) is 15.6 Å². The van der Waals surface area contributed by atoms with Crippen molar-refractivity contribution in [3.05, 3.63) is 57.6 Å². The molecular weight excluding hydrogens is 360 g/mol. The lowest BCUT2D eigenvalue weighted by Crippen LogP contribution is -1.97. The number of nitriles is 1. The van der Waals surface area contributed by atoms with Crippen LogP contribution in [0.25, 0.3) is 0 Å². The van der Waals surface area contributed by atoms with Gasteiger partial charge in [-0.25, -0.2) is 0 Å². The average Bonchev–Trinajstić information content (AvgIpc) is 2.58. The van der Waals surface area contributed by atoms with E-state index in [-0.39, 0.29) is 6.61 Å². The van der Waals surface area contributed by atoms with Gasteiger partial charge < -0.3 is 14.3 Å². The number of nitrogens with zero attached hydrogens (tertiary/aromatic N) is 2. The molecule has 0 saturated carbocycles. The van der Waals surface area contributed by atoms with Gasteiger partial charge in [-0.1, -0.05) is 39.3 Å². The van der Waals surface area contributed by atoms with Crippen LogP contribution >= 0.6 is 15.9 Å². The Kier molecular flexibility index (Phi) is 6.01. The summed E-state index contributed by atoms with van der Waals surface area (Å²) in [5.41, 5.74) is 2.07. The monoisotopic (exact) mass is 374 g/mol. The Morgan fingerprint density at radius 1 is 1.22 bits per heavy atom. The molecule has 0 fully saturated rings. The number of methoxy groups -OCH3 is 2. The van der Waals surface area contributed by atoms with Crippen molar-refractivity contribution in [1.29, 1.82) is 5.26 Å². The number of hydrogen-bond acceptors (Lipinski definition) is 5. The van der Waals surface area contributed by atoms with E-state index in [2.05, 4.69) is 27.2 Å². The molecule has 23 heavy (non-hydrogen) atoms. The van der Waals surface area contributed by atoms with E-state index in [0.717, 1.165) is 10.0 Å². The zero-order valence-electron chi connectivity index (χ0n) is 12.7. The normalized spacial score (nSPS) is 10.3. The van der Waals surface area contributed by atoms with Gasteiger partial charge in [-0.05, 0) is 18.2 Å². The van der Waals surface area contributed by atoms with Gasteiger partial charge >= 0.3 is 0 Å². The fourth-order valence-electron chi connectivity index (χ4n) is 2.01. The summed E-state index contributed by atoms with van der Waals surface area (Å²) in [5.74, 6) is 1.17. The summed E-state index contributed by atoms with van der Waals surface area (Å²) in [7, 11) is 3.13. The van der Waals surface area contributed by atoms with Gasteiger partial charge in [0.2, 0.25) is 0 Å². The van der Waals surface area contributed by atoms with Crippen molar-refractivity contribution >= 4 is 22.1 Å². The van der Waals surface area contributed by atoms with E-state index in [1.807, 2.05) is 24.3 Å². The standard InChI is InChI=1S/C17H15BrN2O3/c1-21-16-8-15(18)7-14(17(16)22-2)10-20-23-11-13-6-4-3-5-12(13)9-19/h3-8,10H,11H2,1-2H3/b20-10-. The molecule has 2 rings (SSSR count). The van der Waals surface area contributed by atoms with Crippen molar-refractivity contribution < 1.29 is 14.3 Å². The van der Waals surface area contributed by atoms with Crippen LogP contribution in [0.1, 0.15) is 16.7 Å². The summed E-state index contributed by atoms with van der Waals surface area (Å²) in [5, 5.41) is 13.0. The number of oxime groups is 1. The Balaban J connectivity index is 2.12. The molecule has 2 aromatic rings. The van der Waals surface area contributed by atoms with Gasteiger partial charge in [-0.2, -0.15) is 5.26 Å². The summed E-state index contributed by atoms with van der Waals surface area (Å²) in [6.45, 7) is 0.216. The van der Waals surface area contributed by atoms with Crippen LogP contribution in [0.15, 0.2) is 46.0 Å². The van der Waals surface area contributed by atoms with Gasteiger partial charge in [0.05, 0.1) is 32.1 Å². The van der Waals surface area contributed by atoms with E-state index in [0.29, 0.717) is 22.6 Å². The lowest BCUT2D eigenvalue weighted by molar-refractivity contribution is 0.132. The third kappa shape index (κ3) is 4.24. The molecular formula is C17H15BrN2O3. The van der Waals surface area contributed by atoms with Gasteiger partial charge in [0.1, 0.15) is 6.61 Å². The Bertz CT molecular complexity index is 754. The summed E-state index contributed by atoms with van der Waals surface area (Å²) >= 11 is 3.41. The molecule has 0 bridgehead atoms. The molecule has 0 aliphatic heterocycles. The van der Waals surface area contributed by atoms with Crippen molar-refractivity contribution in [2.45, 2.75) is 6.61 Å². The van der Waals surface area contributed by atoms with E-state index in [1.54, 1.807) is 32.6 Å². The summed E-state index contributed by atoms with van der Waals surface area (Å²) in [6, 6.07) is 13.0. The molecule has 0 radical (unpaired) electrons. The zero-order chi connectivity index (χ0) is 16.7. The lowest BCUT2D eigenvalue weighted by Gasteiger charge is -2.10. The summed E-state index contributed by atoms with van der Waals surface area (Å²) in [4.78, 5) is 5.29. The molecule has 0 saturated heterocycles. The first-order valence-electron chi connectivity index (χ1n) is 6.74. The minimum Gasteiger partial charge on any atom is -0.493 e. The van der Waals surface area contributed by atoms with Crippen molar-refractivity contribution in [2.75, 3.05) is 14.2 Å². The third-order valence-electron chi connectivity index (χ3n) is 3.10. The van der Waals surface area contributed by atoms with Crippen LogP contribution in [-0.2, 0) is 11.4 Å². The average molecular weight is 375 g/mol. The van der Waals surface area contributed by atoms with Crippen molar-refractivity contribution in [2.24, 2.45) is 5.16 Å². The molecule has 0 heterocycles. The van der Waals surface area contributed by atoms with E-state index in [4.69, 9.17) is 19.6 Å². The Morgan fingerprint density at radius 2 is 2.00 bits per heavy atom. The molecule has 6 heteroatoms. The lowest BCUT2D eigenvalue weighted by atomic mass is 10.1. The Labute approximate surface area is 143 Å². The maximum atomic E-state index is 9.03. The van der Waals surface area contributed by atoms with Crippen LogP contribution in [0, 0.1) is 11.3 Å². The van der Waals surface area contributed by atoms with Gasteiger partial charge in [0.15, 0.2) is 11.5 Å². The third-order valence-corrected chi connectivity index (χ3v) is 3.55. The first-order chi connectivity index (χ1) is 11.2. The van der Waals surface area contributed by atoms with E-state index < -0.39 is 0 Å². The highest BCUT2D eigenvalue weighted by Crippen LogP contribution is 2.33. The van der Waals surface area contributed by atoms with Crippen molar-refractivity contribution in [3.63, 3.8) is 0 Å². The highest BCUT2D eigenvalue weighted by molar-refractivity contribution is 9.10. The highest BCUT2D eigenvalue weighted by Gasteiger charge is 2.10. The number of ether oxygens (including phenoxy) is 2. The molecule has 0 aliphatic carbocycles. The highest BCUT2D eigenvalue weighted by atomic mass is 79.9.